The quantitative estimate of drug-likeness (QED) is 0.798. The summed E-state index contributed by atoms with van der Waals surface area (Å²) < 4.78 is 5.62. The highest BCUT2D eigenvalue weighted by Gasteiger charge is 2.07. The van der Waals surface area contributed by atoms with E-state index >= 15 is 0 Å². The fraction of sp³-hybridized carbons (Fsp3) is 0.500. The fourth-order valence-corrected chi connectivity index (χ4v) is 1.38. The van der Waals surface area contributed by atoms with Gasteiger partial charge in [-0.2, -0.15) is 0 Å². The van der Waals surface area contributed by atoms with Gasteiger partial charge in [0.15, 0.2) is 0 Å². The maximum Gasteiger partial charge on any atom is 0.119 e. The lowest BCUT2D eigenvalue weighted by Gasteiger charge is -2.16. The molecule has 0 aliphatic carbocycles. The summed E-state index contributed by atoms with van der Waals surface area (Å²) in [4.78, 5) is 0. The lowest BCUT2D eigenvalue weighted by atomic mass is 10.2. The molecular weight excluding hydrogens is 176 g/mol. The molecule has 0 heterocycles. The maximum atomic E-state index is 9.16. The Morgan fingerprint density at radius 2 is 1.79 bits per heavy atom. The Kier molecular flexibility index (Phi) is 3.96. The van der Waals surface area contributed by atoms with E-state index in [1.165, 1.54) is 5.56 Å². The van der Waals surface area contributed by atoms with E-state index in [0.29, 0.717) is 6.42 Å². The van der Waals surface area contributed by atoms with Crippen LogP contribution in [0.5, 0.6) is 5.75 Å². The van der Waals surface area contributed by atoms with Gasteiger partial charge in [0.1, 0.15) is 5.75 Å². The minimum atomic E-state index is -0.310. The average Bonchev–Trinajstić information content (AvgIpc) is 2.07. The van der Waals surface area contributed by atoms with Crippen LogP contribution >= 0.6 is 0 Å². The summed E-state index contributed by atoms with van der Waals surface area (Å²) in [5, 5.41) is 9.16. The van der Waals surface area contributed by atoms with E-state index in [1.54, 1.807) is 6.92 Å². The Morgan fingerprint density at radius 1 is 1.21 bits per heavy atom. The molecule has 2 unspecified atom stereocenters. The van der Waals surface area contributed by atoms with Crippen LogP contribution in [0, 0.1) is 6.92 Å². The van der Waals surface area contributed by atoms with Crippen molar-refractivity contribution >= 4 is 0 Å². The molecule has 0 amide bonds. The molecule has 1 aromatic rings. The molecule has 2 atom stereocenters. The molecule has 0 aromatic heterocycles. The molecule has 14 heavy (non-hydrogen) atoms. The molecule has 2 heteroatoms. The smallest absolute Gasteiger partial charge is 0.119 e. The van der Waals surface area contributed by atoms with Gasteiger partial charge in [-0.15, -0.1) is 0 Å². The number of aliphatic hydroxyl groups is 1. The number of benzene rings is 1. The molecule has 1 aromatic carbocycles. The zero-order valence-corrected chi connectivity index (χ0v) is 9.03. The molecular formula is C12H18O2. The van der Waals surface area contributed by atoms with Crippen molar-refractivity contribution in [3.8, 4) is 5.75 Å². The van der Waals surface area contributed by atoms with Crippen LogP contribution in [0.2, 0.25) is 0 Å². The van der Waals surface area contributed by atoms with Crippen LogP contribution < -0.4 is 4.74 Å². The van der Waals surface area contributed by atoms with Gasteiger partial charge in [-0.25, -0.2) is 0 Å². The molecule has 0 radical (unpaired) electrons. The molecule has 0 aliphatic heterocycles. The topological polar surface area (TPSA) is 29.5 Å². The van der Waals surface area contributed by atoms with E-state index in [4.69, 9.17) is 9.84 Å². The Balaban J connectivity index is 2.47. The monoisotopic (exact) mass is 194 g/mol. The predicted octanol–water partition coefficient (Wildman–Crippen LogP) is 2.53. The van der Waals surface area contributed by atoms with Crippen LogP contribution in [-0.2, 0) is 0 Å². The minimum Gasteiger partial charge on any atom is -0.491 e. The van der Waals surface area contributed by atoms with E-state index in [0.717, 1.165) is 5.75 Å². The second kappa shape index (κ2) is 5.01. The first-order valence-electron chi connectivity index (χ1n) is 4.99. The molecule has 0 saturated heterocycles. The summed E-state index contributed by atoms with van der Waals surface area (Å²) in [7, 11) is 0. The van der Waals surface area contributed by atoms with Gasteiger partial charge in [0, 0.05) is 6.42 Å². The summed E-state index contributed by atoms with van der Waals surface area (Å²) in [6.45, 7) is 5.78. The van der Waals surface area contributed by atoms with Crippen molar-refractivity contribution in [2.45, 2.75) is 39.4 Å². The molecule has 0 saturated carbocycles. The van der Waals surface area contributed by atoms with Gasteiger partial charge in [0.2, 0.25) is 0 Å². The van der Waals surface area contributed by atoms with Crippen LogP contribution in [0.25, 0.3) is 0 Å². The van der Waals surface area contributed by atoms with Gasteiger partial charge >= 0.3 is 0 Å². The maximum absolute atomic E-state index is 9.16. The van der Waals surface area contributed by atoms with Crippen molar-refractivity contribution in [3.05, 3.63) is 29.8 Å². The summed E-state index contributed by atoms with van der Waals surface area (Å²) in [5.41, 5.74) is 1.22. The van der Waals surface area contributed by atoms with Crippen LogP contribution in [0.1, 0.15) is 25.8 Å². The largest absolute Gasteiger partial charge is 0.491 e. The lowest BCUT2D eigenvalue weighted by molar-refractivity contribution is 0.115. The van der Waals surface area contributed by atoms with Crippen LogP contribution in [-0.4, -0.2) is 17.3 Å². The van der Waals surface area contributed by atoms with E-state index in [-0.39, 0.29) is 12.2 Å². The van der Waals surface area contributed by atoms with Gasteiger partial charge in [0.05, 0.1) is 12.2 Å². The number of aliphatic hydroxyl groups excluding tert-OH is 1. The van der Waals surface area contributed by atoms with Crippen molar-refractivity contribution < 1.29 is 9.84 Å². The highest BCUT2D eigenvalue weighted by atomic mass is 16.5. The van der Waals surface area contributed by atoms with Crippen molar-refractivity contribution in [2.75, 3.05) is 0 Å². The third-order valence-corrected chi connectivity index (χ3v) is 2.03. The second-order valence-corrected chi connectivity index (χ2v) is 3.83. The molecule has 78 valence electrons. The Hall–Kier alpha value is -1.02. The third kappa shape index (κ3) is 3.79. The van der Waals surface area contributed by atoms with Crippen molar-refractivity contribution in [3.63, 3.8) is 0 Å². The zero-order valence-electron chi connectivity index (χ0n) is 9.03. The number of rotatable bonds is 4. The average molecular weight is 194 g/mol. The number of hydrogen-bond donors (Lipinski definition) is 1. The van der Waals surface area contributed by atoms with Crippen molar-refractivity contribution in [2.24, 2.45) is 0 Å². The first kappa shape index (κ1) is 11.1. The molecule has 1 N–H and O–H groups in total. The predicted molar refractivity (Wildman–Crippen MR) is 57.6 cm³/mol. The first-order chi connectivity index (χ1) is 6.58. The highest BCUT2D eigenvalue weighted by Crippen LogP contribution is 2.14. The van der Waals surface area contributed by atoms with Crippen molar-refractivity contribution in [1.29, 1.82) is 0 Å². The van der Waals surface area contributed by atoms with E-state index in [9.17, 15) is 0 Å². The van der Waals surface area contributed by atoms with Crippen molar-refractivity contribution in [1.82, 2.24) is 0 Å². The second-order valence-electron chi connectivity index (χ2n) is 3.83. The standard InChI is InChI=1S/C12H18O2/c1-9-4-6-12(7-5-9)14-11(3)8-10(2)13/h4-7,10-11,13H,8H2,1-3H3. The molecule has 0 aliphatic rings. The van der Waals surface area contributed by atoms with Crippen LogP contribution in [0.4, 0.5) is 0 Å². The molecule has 0 spiro atoms. The van der Waals surface area contributed by atoms with Gasteiger partial charge in [-0.05, 0) is 32.9 Å². The summed E-state index contributed by atoms with van der Waals surface area (Å²) in [6.07, 6.45) is 0.404. The third-order valence-electron chi connectivity index (χ3n) is 2.03. The Labute approximate surface area is 85.5 Å². The Morgan fingerprint density at radius 3 is 2.29 bits per heavy atom. The van der Waals surface area contributed by atoms with Gasteiger partial charge in [0.25, 0.3) is 0 Å². The van der Waals surface area contributed by atoms with Crippen LogP contribution in [0.15, 0.2) is 24.3 Å². The number of ether oxygens (including phenoxy) is 1. The summed E-state index contributed by atoms with van der Waals surface area (Å²) >= 11 is 0. The van der Waals surface area contributed by atoms with E-state index < -0.39 is 0 Å². The first-order valence-corrected chi connectivity index (χ1v) is 4.99. The highest BCUT2D eigenvalue weighted by molar-refractivity contribution is 5.26. The lowest BCUT2D eigenvalue weighted by Crippen LogP contribution is -2.18. The van der Waals surface area contributed by atoms with Gasteiger partial charge in [-0.1, -0.05) is 17.7 Å². The SMILES string of the molecule is Cc1ccc(OC(C)CC(C)O)cc1. The number of aryl methyl sites for hydroxylation is 1. The molecule has 0 bridgehead atoms. The molecule has 1 rings (SSSR count). The van der Waals surface area contributed by atoms with Gasteiger partial charge < -0.3 is 9.84 Å². The molecule has 0 fully saturated rings. The fourth-order valence-electron chi connectivity index (χ4n) is 1.38. The van der Waals surface area contributed by atoms with E-state index in [2.05, 4.69) is 0 Å². The summed E-state index contributed by atoms with van der Waals surface area (Å²) in [6, 6.07) is 7.94. The van der Waals surface area contributed by atoms with Crippen LogP contribution in [0.3, 0.4) is 0 Å². The molecule has 2 nitrogen and oxygen atoms in total. The zero-order chi connectivity index (χ0) is 10.6. The normalized spacial score (nSPS) is 14.9. The van der Waals surface area contributed by atoms with E-state index in [1.807, 2.05) is 38.1 Å². The minimum absolute atomic E-state index is 0.0534. The number of hydrogen-bond acceptors (Lipinski definition) is 2. The van der Waals surface area contributed by atoms with Gasteiger partial charge in [-0.3, -0.25) is 0 Å². The Bertz CT molecular complexity index is 264. The summed E-state index contributed by atoms with van der Waals surface area (Å²) in [5.74, 6) is 0.865.